The Morgan fingerprint density at radius 2 is 1.86 bits per heavy atom. The Morgan fingerprint density at radius 3 is 2.29 bits per heavy atom. The monoisotopic (exact) mass is 310 g/mol. The summed E-state index contributed by atoms with van der Waals surface area (Å²) >= 11 is 0. The van der Waals surface area contributed by atoms with Crippen LogP contribution < -0.4 is 5.73 Å². The van der Waals surface area contributed by atoms with Crippen molar-refractivity contribution >= 4 is 21.7 Å². The molecular formula is C14H18N2O4S. The van der Waals surface area contributed by atoms with E-state index in [1.807, 2.05) is 0 Å². The zero-order valence-electron chi connectivity index (χ0n) is 12.0. The maximum atomic E-state index is 12.4. The van der Waals surface area contributed by atoms with Gasteiger partial charge in [0.2, 0.25) is 5.91 Å². The lowest BCUT2D eigenvalue weighted by Gasteiger charge is -2.19. The topological polar surface area (TPSA) is 97.5 Å². The highest BCUT2D eigenvalue weighted by Gasteiger charge is 2.19. The van der Waals surface area contributed by atoms with Crippen LogP contribution in [0.15, 0.2) is 35.7 Å². The fraction of sp³-hybridized carbons (Fsp3) is 0.286. The van der Waals surface area contributed by atoms with Crippen LogP contribution in [0.25, 0.3) is 0 Å². The highest BCUT2D eigenvalue weighted by atomic mass is 32.2. The van der Waals surface area contributed by atoms with E-state index >= 15 is 0 Å². The lowest BCUT2D eigenvalue weighted by Crippen LogP contribution is -2.31. The van der Waals surface area contributed by atoms with E-state index < -0.39 is 15.7 Å². The van der Waals surface area contributed by atoms with Crippen LogP contribution in [0, 0.1) is 0 Å². The molecule has 1 aromatic rings. The van der Waals surface area contributed by atoms with E-state index in [1.165, 1.54) is 17.0 Å². The standard InChI is InChI=1S/C14H18N2O4S/c1-4-6-16(5-2)14(18)11-7-10(13(15)17)8-12(9-11)21(3,19)20/h4,7-9H,1,5-6H2,2-3H3,(H2,15,17). The van der Waals surface area contributed by atoms with Gasteiger partial charge in [-0.2, -0.15) is 0 Å². The summed E-state index contributed by atoms with van der Waals surface area (Å²) in [4.78, 5) is 25.0. The molecule has 0 heterocycles. The molecule has 0 unspecified atom stereocenters. The van der Waals surface area contributed by atoms with Crippen LogP contribution in [-0.2, 0) is 9.84 Å². The van der Waals surface area contributed by atoms with E-state index in [0.29, 0.717) is 13.1 Å². The van der Waals surface area contributed by atoms with Gasteiger partial charge in [-0.25, -0.2) is 8.42 Å². The smallest absolute Gasteiger partial charge is 0.254 e. The third-order valence-electron chi connectivity index (χ3n) is 2.88. The normalized spacial score (nSPS) is 11.0. The minimum Gasteiger partial charge on any atom is -0.366 e. The first-order valence-electron chi connectivity index (χ1n) is 6.25. The number of benzene rings is 1. The van der Waals surface area contributed by atoms with E-state index in [2.05, 4.69) is 6.58 Å². The van der Waals surface area contributed by atoms with E-state index in [1.54, 1.807) is 13.0 Å². The van der Waals surface area contributed by atoms with Crippen molar-refractivity contribution in [3.05, 3.63) is 42.0 Å². The predicted octanol–water partition coefficient (Wildman–Crippen LogP) is 0.837. The van der Waals surface area contributed by atoms with Crippen molar-refractivity contribution in [3.63, 3.8) is 0 Å². The molecule has 0 fully saturated rings. The van der Waals surface area contributed by atoms with Crippen molar-refractivity contribution in [1.29, 1.82) is 0 Å². The summed E-state index contributed by atoms with van der Waals surface area (Å²) in [6.45, 7) is 6.11. The van der Waals surface area contributed by atoms with Crippen LogP contribution in [-0.4, -0.2) is 44.5 Å². The first kappa shape index (κ1) is 16.9. The molecule has 0 aliphatic rings. The van der Waals surface area contributed by atoms with E-state index in [0.717, 1.165) is 12.3 Å². The van der Waals surface area contributed by atoms with Crippen LogP contribution >= 0.6 is 0 Å². The van der Waals surface area contributed by atoms with Gasteiger partial charge in [0.05, 0.1) is 4.90 Å². The number of primary amides is 1. The van der Waals surface area contributed by atoms with Crippen LogP contribution in [0.2, 0.25) is 0 Å². The SMILES string of the molecule is C=CCN(CC)C(=O)c1cc(C(N)=O)cc(S(C)(=O)=O)c1. The van der Waals surface area contributed by atoms with Crippen molar-refractivity contribution in [2.75, 3.05) is 19.3 Å². The molecule has 1 aromatic carbocycles. The molecule has 1 rings (SSSR count). The summed E-state index contributed by atoms with van der Waals surface area (Å²) < 4.78 is 23.3. The van der Waals surface area contributed by atoms with Crippen LogP contribution in [0.4, 0.5) is 0 Å². The zero-order chi connectivity index (χ0) is 16.2. The zero-order valence-corrected chi connectivity index (χ0v) is 12.8. The summed E-state index contributed by atoms with van der Waals surface area (Å²) in [5, 5.41) is 0. The third kappa shape index (κ3) is 4.16. The van der Waals surface area contributed by atoms with Crippen molar-refractivity contribution in [2.24, 2.45) is 5.73 Å². The molecule has 0 spiro atoms. The van der Waals surface area contributed by atoms with Gasteiger partial charge in [-0.05, 0) is 25.1 Å². The molecule has 6 nitrogen and oxygen atoms in total. The second-order valence-corrected chi connectivity index (χ2v) is 6.53. The first-order valence-corrected chi connectivity index (χ1v) is 8.15. The van der Waals surface area contributed by atoms with Crippen LogP contribution in [0.1, 0.15) is 27.6 Å². The van der Waals surface area contributed by atoms with E-state index in [-0.39, 0.29) is 21.9 Å². The molecule has 2 amide bonds. The molecule has 0 radical (unpaired) electrons. The molecule has 7 heteroatoms. The highest BCUT2D eigenvalue weighted by molar-refractivity contribution is 7.90. The van der Waals surface area contributed by atoms with Gasteiger partial charge in [-0.15, -0.1) is 6.58 Å². The molecule has 21 heavy (non-hydrogen) atoms. The number of nitrogens with zero attached hydrogens (tertiary/aromatic N) is 1. The number of rotatable bonds is 6. The Bertz CT molecular complexity index is 680. The van der Waals surface area contributed by atoms with Crippen LogP contribution in [0.3, 0.4) is 0 Å². The van der Waals surface area contributed by atoms with Crippen molar-refractivity contribution in [2.45, 2.75) is 11.8 Å². The minimum absolute atomic E-state index is 0.0177. The maximum Gasteiger partial charge on any atom is 0.254 e. The van der Waals surface area contributed by atoms with E-state index in [9.17, 15) is 18.0 Å². The average molecular weight is 310 g/mol. The Balaban J connectivity index is 3.41. The molecule has 0 bridgehead atoms. The Labute approximate surface area is 124 Å². The quantitative estimate of drug-likeness (QED) is 0.787. The van der Waals surface area contributed by atoms with Gasteiger partial charge in [0.1, 0.15) is 0 Å². The van der Waals surface area contributed by atoms with Gasteiger partial charge in [-0.1, -0.05) is 6.08 Å². The molecule has 0 aromatic heterocycles. The number of hydrogen-bond acceptors (Lipinski definition) is 4. The number of nitrogens with two attached hydrogens (primary N) is 1. The maximum absolute atomic E-state index is 12.4. The number of likely N-dealkylation sites (N-methyl/N-ethyl adjacent to an activating group) is 1. The second-order valence-electron chi connectivity index (χ2n) is 4.51. The Morgan fingerprint density at radius 1 is 1.29 bits per heavy atom. The fourth-order valence-corrected chi connectivity index (χ4v) is 2.45. The second kappa shape index (κ2) is 6.53. The summed E-state index contributed by atoms with van der Waals surface area (Å²) in [6, 6.07) is 3.71. The van der Waals surface area contributed by atoms with Crippen LogP contribution in [0.5, 0.6) is 0 Å². The molecule has 0 saturated heterocycles. The van der Waals surface area contributed by atoms with Gasteiger partial charge >= 0.3 is 0 Å². The lowest BCUT2D eigenvalue weighted by molar-refractivity contribution is 0.0782. The molecule has 0 saturated carbocycles. The number of carbonyl (C=O) groups excluding carboxylic acids is 2. The third-order valence-corrected chi connectivity index (χ3v) is 3.98. The Kier molecular flexibility index (Phi) is 5.26. The summed E-state index contributed by atoms with van der Waals surface area (Å²) in [6.07, 6.45) is 2.57. The van der Waals surface area contributed by atoms with E-state index in [4.69, 9.17) is 5.73 Å². The van der Waals surface area contributed by atoms with Gasteiger partial charge < -0.3 is 10.6 Å². The lowest BCUT2D eigenvalue weighted by atomic mass is 10.1. The van der Waals surface area contributed by atoms with Crippen molar-refractivity contribution in [3.8, 4) is 0 Å². The number of sulfone groups is 1. The van der Waals surface area contributed by atoms with Gasteiger partial charge in [-0.3, -0.25) is 9.59 Å². The van der Waals surface area contributed by atoms with Crippen molar-refractivity contribution in [1.82, 2.24) is 4.90 Å². The Hall–Kier alpha value is -2.15. The summed E-state index contributed by atoms with van der Waals surface area (Å²) in [7, 11) is -3.56. The fourth-order valence-electron chi connectivity index (χ4n) is 1.77. The predicted molar refractivity (Wildman–Crippen MR) is 79.8 cm³/mol. The summed E-state index contributed by atoms with van der Waals surface area (Å²) in [5.41, 5.74) is 5.28. The average Bonchev–Trinajstić information content (AvgIpc) is 2.42. The minimum atomic E-state index is -3.56. The largest absolute Gasteiger partial charge is 0.366 e. The van der Waals surface area contributed by atoms with Gasteiger partial charge in [0.25, 0.3) is 5.91 Å². The first-order chi connectivity index (χ1) is 9.70. The molecule has 114 valence electrons. The molecular weight excluding hydrogens is 292 g/mol. The molecule has 0 atom stereocenters. The van der Waals surface area contributed by atoms with Gasteiger partial charge in [0, 0.05) is 30.5 Å². The molecule has 2 N–H and O–H groups in total. The van der Waals surface area contributed by atoms with Crippen molar-refractivity contribution < 1.29 is 18.0 Å². The highest BCUT2D eigenvalue weighted by Crippen LogP contribution is 2.17. The van der Waals surface area contributed by atoms with Gasteiger partial charge in [0.15, 0.2) is 9.84 Å². The summed E-state index contributed by atoms with van der Waals surface area (Å²) in [5.74, 6) is -1.17. The molecule has 0 aliphatic heterocycles. The number of carbonyl (C=O) groups is 2. The number of amides is 2. The molecule has 0 aliphatic carbocycles. The number of hydrogen-bond donors (Lipinski definition) is 1.